The minimum absolute atomic E-state index is 0.0746. The molecular weight excluding hydrogens is 234 g/mol. The summed E-state index contributed by atoms with van der Waals surface area (Å²) < 4.78 is 36.9. The summed E-state index contributed by atoms with van der Waals surface area (Å²) in [6, 6.07) is 3.46. The van der Waals surface area contributed by atoms with Crippen LogP contribution in [-0.4, -0.2) is 39.0 Å². The van der Waals surface area contributed by atoms with Crippen LogP contribution in [0, 0.1) is 0 Å². The van der Waals surface area contributed by atoms with Crippen LogP contribution in [0.3, 0.4) is 0 Å². The van der Waals surface area contributed by atoms with Gasteiger partial charge in [-0.1, -0.05) is 0 Å². The van der Waals surface area contributed by atoms with Gasteiger partial charge in [-0.15, -0.1) is 0 Å². The maximum atomic E-state index is 10.8. The van der Waals surface area contributed by atoms with Crippen molar-refractivity contribution >= 4 is 10.1 Å². The molecule has 0 N–H and O–H groups in total. The molecule has 2 heterocycles. The van der Waals surface area contributed by atoms with Gasteiger partial charge in [-0.25, -0.2) is 4.98 Å². The molecular formula is C9H11NO5S. The van der Waals surface area contributed by atoms with E-state index in [1.165, 1.54) is 0 Å². The highest BCUT2D eigenvalue weighted by Crippen LogP contribution is 2.28. The topological polar surface area (TPSA) is 74.7 Å². The summed E-state index contributed by atoms with van der Waals surface area (Å²) in [5, 5.41) is 0. The molecule has 0 fully saturated rings. The second-order valence-corrected chi connectivity index (χ2v) is 4.99. The molecule has 6 nitrogen and oxygen atoms in total. The van der Waals surface area contributed by atoms with Crippen molar-refractivity contribution in [2.75, 3.05) is 19.5 Å². The minimum atomic E-state index is -3.46. The molecule has 1 aliphatic heterocycles. The van der Waals surface area contributed by atoms with E-state index in [4.69, 9.17) is 9.47 Å². The second-order valence-electron chi connectivity index (χ2n) is 3.35. The van der Waals surface area contributed by atoms with Crippen LogP contribution in [0.5, 0.6) is 11.6 Å². The molecule has 1 aromatic rings. The summed E-state index contributed by atoms with van der Waals surface area (Å²) in [5.41, 5.74) is 0. The molecule has 7 heteroatoms. The third-order valence-electron chi connectivity index (χ3n) is 1.91. The van der Waals surface area contributed by atoms with Crippen molar-refractivity contribution in [2.45, 2.75) is 6.10 Å². The van der Waals surface area contributed by atoms with Crippen molar-refractivity contribution in [2.24, 2.45) is 0 Å². The number of ether oxygens (including phenoxy) is 2. The maximum Gasteiger partial charge on any atom is 0.264 e. The van der Waals surface area contributed by atoms with Crippen LogP contribution in [0.4, 0.5) is 0 Å². The molecule has 16 heavy (non-hydrogen) atoms. The molecule has 0 bridgehead atoms. The number of hydrogen-bond donors (Lipinski definition) is 0. The minimum Gasteiger partial charge on any atom is -0.484 e. The van der Waals surface area contributed by atoms with Gasteiger partial charge in [-0.2, -0.15) is 8.42 Å². The molecule has 0 radical (unpaired) electrons. The van der Waals surface area contributed by atoms with Gasteiger partial charge in [-0.05, 0) is 12.1 Å². The summed E-state index contributed by atoms with van der Waals surface area (Å²) in [5.74, 6) is 0.911. The molecule has 1 aromatic heterocycles. The van der Waals surface area contributed by atoms with Crippen LogP contribution >= 0.6 is 0 Å². The first-order valence-electron chi connectivity index (χ1n) is 4.63. The Hall–Kier alpha value is -1.34. The lowest BCUT2D eigenvalue weighted by Gasteiger charge is -2.24. The SMILES string of the molecule is CS(=O)(=O)OCC1COc2cccnc2O1. The van der Waals surface area contributed by atoms with Crippen LogP contribution in [0.15, 0.2) is 18.3 Å². The van der Waals surface area contributed by atoms with Crippen LogP contribution in [0.2, 0.25) is 0 Å². The number of nitrogens with zero attached hydrogens (tertiary/aromatic N) is 1. The first kappa shape index (κ1) is 11.2. The molecule has 0 spiro atoms. The van der Waals surface area contributed by atoms with E-state index in [9.17, 15) is 8.42 Å². The maximum absolute atomic E-state index is 10.8. The largest absolute Gasteiger partial charge is 0.484 e. The highest BCUT2D eigenvalue weighted by atomic mass is 32.2. The van der Waals surface area contributed by atoms with E-state index < -0.39 is 16.2 Å². The third kappa shape index (κ3) is 2.83. The second kappa shape index (κ2) is 4.26. The molecule has 88 valence electrons. The number of pyridine rings is 1. The van der Waals surface area contributed by atoms with Crippen LogP contribution < -0.4 is 9.47 Å². The van der Waals surface area contributed by atoms with Gasteiger partial charge < -0.3 is 9.47 Å². The summed E-state index contributed by atoms with van der Waals surface area (Å²) in [7, 11) is -3.46. The fraction of sp³-hybridized carbons (Fsp3) is 0.444. The van der Waals surface area contributed by atoms with Gasteiger partial charge in [0.1, 0.15) is 13.2 Å². The number of hydrogen-bond acceptors (Lipinski definition) is 6. The predicted octanol–water partition coefficient (Wildman–Crippen LogP) is 0.198. The molecule has 1 aliphatic rings. The van der Waals surface area contributed by atoms with Crippen molar-refractivity contribution in [1.29, 1.82) is 0 Å². The van der Waals surface area contributed by atoms with Crippen LogP contribution in [0.1, 0.15) is 0 Å². The summed E-state index contributed by atoms with van der Waals surface area (Å²) >= 11 is 0. The van der Waals surface area contributed by atoms with E-state index in [0.717, 1.165) is 6.26 Å². The van der Waals surface area contributed by atoms with Gasteiger partial charge in [0.15, 0.2) is 11.9 Å². The molecule has 0 aliphatic carbocycles. The van der Waals surface area contributed by atoms with Gasteiger partial charge in [0.2, 0.25) is 0 Å². The Kier molecular flexibility index (Phi) is 2.97. The average molecular weight is 245 g/mol. The Morgan fingerprint density at radius 1 is 1.62 bits per heavy atom. The van der Waals surface area contributed by atoms with Crippen molar-refractivity contribution < 1.29 is 22.1 Å². The fourth-order valence-electron chi connectivity index (χ4n) is 1.23. The Morgan fingerprint density at radius 3 is 3.19 bits per heavy atom. The van der Waals surface area contributed by atoms with Gasteiger partial charge >= 0.3 is 0 Å². The Balaban J connectivity index is 1.98. The van der Waals surface area contributed by atoms with Crippen molar-refractivity contribution in [3.05, 3.63) is 18.3 Å². The zero-order chi connectivity index (χ0) is 11.6. The molecule has 1 atom stereocenters. The van der Waals surface area contributed by atoms with E-state index in [-0.39, 0.29) is 13.2 Å². The summed E-state index contributed by atoms with van der Waals surface area (Å²) in [6.45, 7) is 0.170. The Labute approximate surface area is 93.3 Å². The first-order chi connectivity index (χ1) is 7.54. The van der Waals surface area contributed by atoms with Gasteiger partial charge in [0.05, 0.1) is 6.26 Å². The lowest BCUT2D eigenvalue weighted by Crippen LogP contribution is -2.34. The molecule has 0 saturated heterocycles. The Morgan fingerprint density at radius 2 is 2.44 bits per heavy atom. The molecule has 0 amide bonds. The quantitative estimate of drug-likeness (QED) is 0.708. The highest BCUT2D eigenvalue weighted by molar-refractivity contribution is 7.85. The van der Waals surface area contributed by atoms with Crippen molar-refractivity contribution in [3.8, 4) is 11.6 Å². The zero-order valence-electron chi connectivity index (χ0n) is 8.62. The van der Waals surface area contributed by atoms with Gasteiger partial charge in [0, 0.05) is 6.20 Å². The monoisotopic (exact) mass is 245 g/mol. The lowest BCUT2D eigenvalue weighted by atomic mass is 10.3. The van der Waals surface area contributed by atoms with E-state index in [2.05, 4.69) is 9.17 Å². The van der Waals surface area contributed by atoms with E-state index in [1.807, 2.05) is 0 Å². The molecule has 0 aromatic carbocycles. The van der Waals surface area contributed by atoms with Gasteiger partial charge in [0.25, 0.3) is 16.0 Å². The van der Waals surface area contributed by atoms with E-state index >= 15 is 0 Å². The number of rotatable bonds is 3. The molecule has 2 rings (SSSR count). The summed E-state index contributed by atoms with van der Waals surface area (Å²) in [4.78, 5) is 3.96. The van der Waals surface area contributed by atoms with Gasteiger partial charge in [-0.3, -0.25) is 4.18 Å². The van der Waals surface area contributed by atoms with Crippen molar-refractivity contribution in [3.63, 3.8) is 0 Å². The van der Waals surface area contributed by atoms with E-state index in [0.29, 0.717) is 11.6 Å². The standard InChI is InChI=1S/C9H11NO5S/c1-16(11,12)14-6-7-5-13-8-3-2-4-10-9(8)15-7/h2-4,7H,5-6H2,1H3. The van der Waals surface area contributed by atoms with Crippen LogP contribution in [-0.2, 0) is 14.3 Å². The van der Waals surface area contributed by atoms with E-state index in [1.54, 1.807) is 18.3 Å². The zero-order valence-corrected chi connectivity index (χ0v) is 9.44. The lowest BCUT2D eigenvalue weighted by molar-refractivity contribution is 0.0509. The highest BCUT2D eigenvalue weighted by Gasteiger charge is 2.23. The van der Waals surface area contributed by atoms with Crippen LogP contribution in [0.25, 0.3) is 0 Å². The molecule has 1 unspecified atom stereocenters. The average Bonchev–Trinajstić information content (AvgIpc) is 2.25. The third-order valence-corrected chi connectivity index (χ3v) is 2.47. The van der Waals surface area contributed by atoms with Crippen molar-refractivity contribution in [1.82, 2.24) is 4.98 Å². The molecule has 0 saturated carbocycles. The number of fused-ring (bicyclic) bond motifs is 1. The number of aromatic nitrogens is 1. The predicted molar refractivity (Wildman–Crippen MR) is 54.9 cm³/mol. The normalized spacial score (nSPS) is 19.4. The summed E-state index contributed by atoms with van der Waals surface area (Å²) in [6.07, 6.45) is 2.10. The Bertz CT molecular complexity index is 473. The fourth-order valence-corrected chi connectivity index (χ4v) is 1.63. The smallest absolute Gasteiger partial charge is 0.264 e. The first-order valence-corrected chi connectivity index (χ1v) is 6.45.